The number of nitrogens with zero attached hydrogens (tertiary/aromatic N) is 3. The van der Waals surface area contributed by atoms with Crippen molar-refractivity contribution in [2.24, 2.45) is 0 Å². The zero-order valence-corrected chi connectivity index (χ0v) is 15.3. The number of H-pyrrole nitrogens is 1. The summed E-state index contributed by atoms with van der Waals surface area (Å²) in [4.78, 5) is 17.4. The maximum absolute atomic E-state index is 12.4. The van der Waals surface area contributed by atoms with Gasteiger partial charge >= 0.3 is 0 Å². The van der Waals surface area contributed by atoms with Crippen molar-refractivity contribution < 1.29 is 9.53 Å². The first-order valence-electron chi connectivity index (χ1n) is 8.52. The normalized spacial score (nSPS) is 14.5. The second kappa shape index (κ2) is 7.21. The van der Waals surface area contributed by atoms with Gasteiger partial charge in [-0.1, -0.05) is 6.07 Å². The average molecular weight is 368 g/mol. The van der Waals surface area contributed by atoms with E-state index in [9.17, 15) is 4.79 Å². The number of amides is 1. The van der Waals surface area contributed by atoms with Crippen LogP contribution in [0.3, 0.4) is 0 Å². The molecule has 0 radical (unpaired) electrons. The fourth-order valence-corrected chi connectivity index (χ4v) is 3.78. The van der Waals surface area contributed by atoms with Gasteiger partial charge in [0.05, 0.1) is 17.7 Å². The Labute approximate surface area is 156 Å². The van der Waals surface area contributed by atoms with Gasteiger partial charge in [-0.2, -0.15) is 5.10 Å². The van der Waals surface area contributed by atoms with Crippen LogP contribution in [0.1, 0.15) is 9.67 Å². The lowest BCUT2D eigenvalue weighted by molar-refractivity contribution is 0.0751. The van der Waals surface area contributed by atoms with Gasteiger partial charge in [0, 0.05) is 32.2 Å². The van der Waals surface area contributed by atoms with E-state index in [1.807, 2.05) is 46.7 Å². The van der Waals surface area contributed by atoms with Crippen LogP contribution in [-0.2, 0) is 0 Å². The van der Waals surface area contributed by atoms with E-state index in [1.165, 1.54) is 11.3 Å². The van der Waals surface area contributed by atoms with Crippen LogP contribution in [-0.4, -0.2) is 54.3 Å². The molecule has 26 heavy (non-hydrogen) atoms. The molecule has 1 N–H and O–H groups in total. The summed E-state index contributed by atoms with van der Waals surface area (Å²) in [6, 6.07) is 13.7. The molecule has 7 heteroatoms. The molecule has 0 saturated carbocycles. The molecule has 6 nitrogen and oxygen atoms in total. The molecular weight excluding hydrogens is 348 g/mol. The van der Waals surface area contributed by atoms with E-state index < -0.39 is 0 Å². The van der Waals surface area contributed by atoms with Crippen molar-refractivity contribution in [3.05, 3.63) is 52.7 Å². The highest BCUT2D eigenvalue weighted by Gasteiger charge is 2.24. The molecule has 0 aliphatic carbocycles. The number of methoxy groups -OCH3 is 1. The molecule has 3 heterocycles. The average Bonchev–Trinajstić information content (AvgIpc) is 3.40. The van der Waals surface area contributed by atoms with Gasteiger partial charge in [0.15, 0.2) is 5.82 Å². The summed E-state index contributed by atoms with van der Waals surface area (Å²) in [7, 11) is 1.66. The van der Waals surface area contributed by atoms with E-state index in [0.717, 1.165) is 40.8 Å². The van der Waals surface area contributed by atoms with E-state index in [1.54, 1.807) is 7.11 Å². The molecule has 0 bridgehead atoms. The fourth-order valence-electron chi connectivity index (χ4n) is 3.09. The highest BCUT2D eigenvalue weighted by Crippen LogP contribution is 2.25. The van der Waals surface area contributed by atoms with E-state index in [-0.39, 0.29) is 5.91 Å². The lowest BCUT2D eigenvalue weighted by Gasteiger charge is -2.34. The largest absolute Gasteiger partial charge is 0.497 e. The number of thiophene rings is 1. The van der Waals surface area contributed by atoms with Gasteiger partial charge in [-0.15, -0.1) is 11.3 Å². The van der Waals surface area contributed by atoms with Crippen LogP contribution in [0.15, 0.2) is 47.8 Å². The number of anilines is 1. The van der Waals surface area contributed by atoms with Crippen molar-refractivity contribution in [2.75, 3.05) is 38.2 Å². The number of ether oxygens (including phenoxy) is 1. The number of hydrogen-bond acceptors (Lipinski definition) is 5. The maximum atomic E-state index is 12.4. The Morgan fingerprint density at radius 2 is 1.92 bits per heavy atom. The third kappa shape index (κ3) is 3.30. The molecule has 1 amide bonds. The van der Waals surface area contributed by atoms with Crippen LogP contribution in [0, 0.1) is 0 Å². The molecule has 1 saturated heterocycles. The van der Waals surface area contributed by atoms with E-state index in [2.05, 4.69) is 21.2 Å². The van der Waals surface area contributed by atoms with Crippen LogP contribution in [0.4, 0.5) is 5.82 Å². The SMILES string of the molecule is COc1ccc(-c2cc(N3CCN(C(=O)c4cccs4)CC3)n[nH]2)cc1. The van der Waals surface area contributed by atoms with Crippen molar-refractivity contribution >= 4 is 23.1 Å². The van der Waals surface area contributed by atoms with Gasteiger partial charge in [0.2, 0.25) is 0 Å². The number of carbonyl (C=O) groups excluding carboxylic acids is 1. The Bertz CT molecular complexity index is 865. The Kier molecular flexibility index (Phi) is 4.62. The lowest BCUT2D eigenvalue weighted by atomic mass is 10.1. The second-order valence-electron chi connectivity index (χ2n) is 6.12. The monoisotopic (exact) mass is 368 g/mol. The van der Waals surface area contributed by atoms with Gasteiger partial charge in [-0.05, 0) is 41.3 Å². The molecule has 4 rings (SSSR count). The predicted molar refractivity (Wildman–Crippen MR) is 103 cm³/mol. The highest BCUT2D eigenvalue weighted by molar-refractivity contribution is 7.12. The Balaban J connectivity index is 1.40. The molecule has 1 aliphatic heterocycles. The van der Waals surface area contributed by atoms with Gasteiger partial charge < -0.3 is 14.5 Å². The zero-order chi connectivity index (χ0) is 17.9. The number of aromatic amines is 1. The summed E-state index contributed by atoms with van der Waals surface area (Å²) in [6.07, 6.45) is 0. The van der Waals surface area contributed by atoms with Crippen molar-refractivity contribution in [3.8, 4) is 17.0 Å². The van der Waals surface area contributed by atoms with Gasteiger partial charge in [0.1, 0.15) is 5.75 Å². The minimum atomic E-state index is 0.126. The minimum Gasteiger partial charge on any atom is -0.497 e. The quantitative estimate of drug-likeness (QED) is 0.769. The molecule has 1 fully saturated rings. The summed E-state index contributed by atoms with van der Waals surface area (Å²) in [5.41, 5.74) is 2.04. The number of benzene rings is 1. The standard InChI is InChI=1S/C19H20N4O2S/c1-25-15-6-4-14(5-7-15)16-13-18(21-20-16)22-8-10-23(11-9-22)19(24)17-3-2-12-26-17/h2-7,12-13H,8-11H2,1H3,(H,20,21). The first-order chi connectivity index (χ1) is 12.7. The molecule has 0 atom stereocenters. The number of rotatable bonds is 4. The number of piperazine rings is 1. The maximum Gasteiger partial charge on any atom is 0.264 e. The lowest BCUT2D eigenvalue weighted by Crippen LogP contribution is -2.48. The number of hydrogen-bond donors (Lipinski definition) is 1. The second-order valence-corrected chi connectivity index (χ2v) is 7.07. The van der Waals surface area contributed by atoms with Crippen molar-refractivity contribution in [1.82, 2.24) is 15.1 Å². The Morgan fingerprint density at radius 1 is 1.15 bits per heavy atom. The predicted octanol–water partition coefficient (Wildman–Crippen LogP) is 3.11. The van der Waals surface area contributed by atoms with Crippen molar-refractivity contribution in [2.45, 2.75) is 0 Å². The summed E-state index contributed by atoms with van der Waals surface area (Å²) < 4.78 is 5.20. The third-order valence-corrected chi connectivity index (χ3v) is 5.45. The third-order valence-electron chi connectivity index (χ3n) is 4.59. The molecular formula is C19H20N4O2S. The van der Waals surface area contributed by atoms with Gasteiger partial charge in [0.25, 0.3) is 5.91 Å². The van der Waals surface area contributed by atoms with E-state index >= 15 is 0 Å². The van der Waals surface area contributed by atoms with Gasteiger partial charge in [-0.25, -0.2) is 0 Å². The van der Waals surface area contributed by atoms with E-state index in [0.29, 0.717) is 13.1 Å². The molecule has 1 aliphatic rings. The summed E-state index contributed by atoms with van der Waals surface area (Å²) >= 11 is 1.49. The van der Waals surface area contributed by atoms with Gasteiger partial charge in [-0.3, -0.25) is 9.89 Å². The molecule has 2 aromatic heterocycles. The smallest absolute Gasteiger partial charge is 0.264 e. The fraction of sp³-hybridized carbons (Fsp3) is 0.263. The Morgan fingerprint density at radius 3 is 2.58 bits per heavy atom. The minimum absolute atomic E-state index is 0.126. The number of nitrogens with one attached hydrogen (secondary N) is 1. The number of aromatic nitrogens is 2. The van der Waals surface area contributed by atoms with Crippen molar-refractivity contribution in [1.29, 1.82) is 0 Å². The van der Waals surface area contributed by atoms with Crippen LogP contribution in [0.25, 0.3) is 11.3 Å². The summed E-state index contributed by atoms with van der Waals surface area (Å²) in [5, 5.41) is 9.49. The topological polar surface area (TPSA) is 61.5 Å². The molecule has 0 spiro atoms. The first-order valence-corrected chi connectivity index (χ1v) is 9.40. The number of carbonyl (C=O) groups is 1. The molecule has 0 unspecified atom stereocenters. The zero-order valence-electron chi connectivity index (χ0n) is 14.5. The molecule has 134 valence electrons. The van der Waals surface area contributed by atoms with Crippen LogP contribution in [0.2, 0.25) is 0 Å². The summed E-state index contributed by atoms with van der Waals surface area (Å²) in [5.74, 6) is 1.87. The van der Waals surface area contributed by atoms with Crippen LogP contribution >= 0.6 is 11.3 Å². The van der Waals surface area contributed by atoms with Crippen molar-refractivity contribution in [3.63, 3.8) is 0 Å². The molecule has 3 aromatic rings. The first kappa shape index (κ1) is 16.7. The van der Waals surface area contributed by atoms with Crippen LogP contribution in [0.5, 0.6) is 5.75 Å². The highest BCUT2D eigenvalue weighted by atomic mass is 32.1. The summed E-state index contributed by atoms with van der Waals surface area (Å²) in [6.45, 7) is 2.98. The van der Waals surface area contributed by atoms with Crippen LogP contribution < -0.4 is 9.64 Å². The molecule has 1 aromatic carbocycles. The Hall–Kier alpha value is -2.80. The van der Waals surface area contributed by atoms with E-state index in [4.69, 9.17) is 4.74 Å².